The monoisotopic (exact) mass is 172 g/mol. The van der Waals surface area contributed by atoms with Crippen molar-refractivity contribution < 1.29 is 0 Å². The minimum Gasteiger partial charge on any atom is -0.364 e. The van der Waals surface area contributed by atoms with Gasteiger partial charge in [-0.1, -0.05) is 0 Å². The van der Waals surface area contributed by atoms with Gasteiger partial charge in [-0.05, 0) is 30.9 Å². The Hall–Kier alpha value is -0.470. The molecule has 1 aromatic heterocycles. The molecule has 0 amide bonds. The molecule has 1 heterocycles. The number of H-pyrrole nitrogens is 1. The summed E-state index contributed by atoms with van der Waals surface area (Å²) >= 11 is 0. The fraction of sp³-hybridized carbons (Fsp3) is 0.500. The highest BCUT2D eigenvalue weighted by atomic mass is 35.5. The molecule has 1 atom stereocenters. The van der Waals surface area contributed by atoms with Gasteiger partial charge in [-0.25, -0.2) is 0 Å². The van der Waals surface area contributed by atoms with Crippen molar-refractivity contribution in [2.24, 2.45) is 11.7 Å². The number of nitrogens with two attached hydrogens (primary N) is 1. The van der Waals surface area contributed by atoms with Crippen LogP contribution in [-0.4, -0.2) is 4.98 Å². The fourth-order valence-electron chi connectivity index (χ4n) is 1.26. The van der Waals surface area contributed by atoms with Gasteiger partial charge in [0.15, 0.2) is 0 Å². The number of hydrogen-bond donors (Lipinski definition) is 2. The Kier molecular flexibility index (Phi) is 2.58. The van der Waals surface area contributed by atoms with Gasteiger partial charge in [0.25, 0.3) is 0 Å². The van der Waals surface area contributed by atoms with E-state index in [9.17, 15) is 0 Å². The minimum atomic E-state index is 0. The summed E-state index contributed by atoms with van der Waals surface area (Å²) in [5, 5.41) is 0. The molecular weight excluding hydrogens is 160 g/mol. The first kappa shape index (κ1) is 8.62. The summed E-state index contributed by atoms with van der Waals surface area (Å²) < 4.78 is 0. The van der Waals surface area contributed by atoms with Crippen molar-refractivity contribution in [3.63, 3.8) is 0 Å². The fourth-order valence-corrected chi connectivity index (χ4v) is 1.26. The summed E-state index contributed by atoms with van der Waals surface area (Å²) in [6, 6.07) is 4.32. The second-order valence-corrected chi connectivity index (χ2v) is 2.99. The summed E-state index contributed by atoms with van der Waals surface area (Å²) in [7, 11) is 0. The van der Waals surface area contributed by atoms with E-state index in [0.717, 1.165) is 5.92 Å². The molecule has 3 heteroatoms. The van der Waals surface area contributed by atoms with Crippen molar-refractivity contribution in [3.8, 4) is 0 Å². The first-order chi connectivity index (χ1) is 4.88. The van der Waals surface area contributed by atoms with Crippen molar-refractivity contribution in [2.45, 2.75) is 18.9 Å². The first-order valence-corrected chi connectivity index (χ1v) is 3.77. The molecule has 1 fully saturated rings. The number of aromatic amines is 1. The number of rotatable bonds is 2. The lowest BCUT2D eigenvalue weighted by Crippen LogP contribution is -2.12. The quantitative estimate of drug-likeness (QED) is 0.703. The average molecular weight is 173 g/mol. The lowest BCUT2D eigenvalue weighted by Gasteiger charge is -2.05. The number of aromatic nitrogens is 1. The van der Waals surface area contributed by atoms with Crippen molar-refractivity contribution in [1.82, 2.24) is 4.98 Å². The summed E-state index contributed by atoms with van der Waals surface area (Å²) in [4.78, 5) is 3.13. The molecule has 0 bridgehead atoms. The molecule has 2 rings (SSSR count). The SMILES string of the molecule is Cl.N[C@H](c1ccc[nH]1)C1CC1. The summed E-state index contributed by atoms with van der Waals surface area (Å²) in [5.41, 5.74) is 7.10. The Morgan fingerprint density at radius 3 is 2.73 bits per heavy atom. The van der Waals surface area contributed by atoms with Crippen LogP contribution < -0.4 is 5.73 Å². The lowest BCUT2D eigenvalue weighted by atomic mass is 10.1. The van der Waals surface area contributed by atoms with E-state index in [2.05, 4.69) is 11.1 Å². The highest BCUT2D eigenvalue weighted by molar-refractivity contribution is 5.85. The molecular formula is C8H13ClN2. The molecule has 0 radical (unpaired) electrons. The van der Waals surface area contributed by atoms with Gasteiger partial charge in [-0.3, -0.25) is 0 Å². The van der Waals surface area contributed by atoms with Crippen LogP contribution in [0.5, 0.6) is 0 Å². The summed E-state index contributed by atoms with van der Waals surface area (Å²) in [6.45, 7) is 0. The highest BCUT2D eigenvalue weighted by Gasteiger charge is 2.29. The van der Waals surface area contributed by atoms with Gasteiger partial charge < -0.3 is 10.7 Å². The van der Waals surface area contributed by atoms with Crippen molar-refractivity contribution in [2.75, 3.05) is 0 Å². The van der Waals surface area contributed by atoms with Gasteiger partial charge in [0.2, 0.25) is 0 Å². The van der Waals surface area contributed by atoms with E-state index in [1.807, 2.05) is 12.3 Å². The molecule has 0 spiro atoms. The standard InChI is InChI=1S/C8H12N2.ClH/c9-8(6-3-4-6)7-2-1-5-10-7;/h1-2,5-6,8,10H,3-4,9H2;1H/t8-;/m0./s1. The van der Waals surface area contributed by atoms with Crippen LogP contribution in [0.3, 0.4) is 0 Å². The molecule has 1 aliphatic carbocycles. The van der Waals surface area contributed by atoms with Crippen LogP contribution in [0, 0.1) is 5.92 Å². The molecule has 3 N–H and O–H groups in total. The largest absolute Gasteiger partial charge is 0.364 e. The zero-order chi connectivity index (χ0) is 6.97. The van der Waals surface area contributed by atoms with E-state index in [1.54, 1.807) is 0 Å². The Labute approximate surface area is 72.6 Å². The van der Waals surface area contributed by atoms with E-state index in [4.69, 9.17) is 5.73 Å². The third kappa shape index (κ3) is 1.76. The second-order valence-electron chi connectivity index (χ2n) is 2.99. The Bertz CT molecular complexity index is 204. The van der Waals surface area contributed by atoms with Crippen LogP contribution in [0.2, 0.25) is 0 Å². The predicted molar refractivity (Wildman–Crippen MR) is 47.7 cm³/mol. The second kappa shape index (κ2) is 3.28. The van der Waals surface area contributed by atoms with E-state index >= 15 is 0 Å². The zero-order valence-electron chi connectivity index (χ0n) is 6.29. The smallest absolute Gasteiger partial charge is 0.0476 e. The molecule has 62 valence electrons. The molecule has 0 aliphatic heterocycles. The molecule has 1 aliphatic rings. The van der Waals surface area contributed by atoms with Crippen LogP contribution in [0.4, 0.5) is 0 Å². The average Bonchev–Trinajstić information content (AvgIpc) is 2.65. The Morgan fingerprint density at radius 2 is 2.27 bits per heavy atom. The van der Waals surface area contributed by atoms with Crippen molar-refractivity contribution in [1.29, 1.82) is 0 Å². The van der Waals surface area contributed by atoms with E-state index in [1.165, 1.54) is 18.5 Å². The van der Waals surface area contributed by atoms with Crippen LogP contribution in [0.15, 0.2) is 18.3 Å². The Morgan fingerprint density at radius 1 is 1.55 bits per heavy atom. The van der Waals surface area contributed by atoms with Gasteiger partial charge >= 0.3 is 0 Å². The van der Waals surface area contributed by atoms with Gasteiger partial charge in [0, 0.05) is 17.9 Å². The lowest BCUT2D eigenvalue weighted by molar-refractivity contribution is 0.618. The summed E-state index contributed by atoms with van der Waals surface area (Å²) in [5.74, 6) is 0.749. The topological polar surface area (TPSA) is 41.8 Å². The van der Waals surface area contributed by atoms with Gasteiger partial charge in [-0.2, -0.15) is 0 Å². The third-order valence-electron chi connectivity index (χ3n) is 2.11. The molecule has 0 saturated heterocycles. The van der Waals surface area contributed by atoms with Crippen LogP contribution in [-0.2, 0) is 0 Å². The maximum atomic E-state index is 5.91. The number of nitrogens with one attached hydrogen (secondary N) is 1. The molecule has 11 heavy (non-hydrogen) atoms. The van der Waals surface area contributed by atoms with Crippen LogP contribution in [0.25, 0.3) is 0 Å². The van der Waals surface area contributed by atoms with E-state index in [-0.39, 0.29) is 18.4 Å². The molecule has 2 nitrogen and oxygen atoms in total. The van der Waals surface area contributed by atoms with E-state index in [0.29, 0.717) is 0 Å². The Balaban J connectivity index is 0.000000605. The first-order valence-electron chi connectivity index (χ1n) is 3.77. The molecule has 0 aromatic carbocycles. The minimum absolute atomic E-state index is 0. The van der Waals surface area contributed by atoms with E-state index < -0.39 is 0 Å². The van der Waals surface area contributed by atoms with Gasteiger partial charge in [0.1, 0.15) is 0 Å². The molecule has 1 saturated carbocycles. The molecule has 0 unspecified atom stereocenters. The van der Waals surface area contributed by atoms with Crippen LogP contribution >= 0.6 is 12.4 Å². The van der Waals surface area contributed by atoms with Gasteiger partial charge in [-0.15, -0.1) is 12.4 Å². The highest BCUT2D eigenvalue weighted by Crippen LogP contribution is 2.38. The zero-order valence-corrected chi connectivity index (χ0v) is 7.10. The van der Waals surface area contributed by atoms with Gasteiger partial charge in [0.05, 0.1) is 0 Å². The third-order valence-corrected chi connectivity index (χ3v) is 2.11. The van der Waals surface area contributed by atoms with Crippen LogP contribution in [0.1, 0.15) is 24.6 Å². The maximum absolute atomic E-state index is 5.91. The number of hydrogen-bond acceptors (Lipinski definition) is 1. The van der Waals surface area contributed by atoms with Crippen molar-refractivity contribution >= 4 is 12.4 Å². The number of halogens is 1. The van der Waals surface area contributed by atoms with Crippen molar-refractivity contribution in [3.05, 3.63) is 24.0 Å². The normalized spacial score (nSPS) is 19.0. The predicted octanol–water partition coefficient (Wildman–Crippen LogP) is 1.85. The summed E-state index contributed by atoms with van der Waals surface area (Å²) in [6.07, 6.45) is 4.54. The molecule has 1 aromatic rings. The maximum Gasteiger partial charge on any atom is 0.0476 e.